The molecule has 2 aromatic carbocycles. The Kier molecular flexibility index (Phi) is 7.94. The van der Waals surface area contributed by atoms with Gasteiger partial charge < -0.3 is 26.0 Å². The lowest BCUT2D eigenvalue weighted by Gasteiger charge is -2.32. The Morgan fingerprint density at radius 3 is 2.52 bits per heavy atom. The van der Waals surface area contributed by atoms with Gasteiger partial charge in [0, 0.05) is 61.4 Å². The van der Waals surface area contributed by atoms with Gasteiger partial charge in [-0.15, -0.1) is 0 Å². The van der Waals surface area contributed by atoms with Crippen LogP contribution in [0.25, 0.3) is 22.0 Å². The third-order valence-corrected chi connectivity index (χ3v) is 9.34. The number of amides is 1. The van der Waals surface area contributed by atoms with Crippen LogP contribution in [0, 0.1) is 0 Å². The number of carbonyl (C=O) groups excluding carboxylic acids is 1. The van der Waals surface area contributed by atoms with E-state index in [2.05, 4.69) is 10.6 Å². The van der Waals surface area contributed by atoms with Crippen molar-refractivity contribution < 1.29 is 31.5 Å². The fourth-order valence-corrected chi connectivity index (χ4v) is 6.53. The maximum Gasteiger partial charge on any atom is 0.511 e. The number of carbonyl (C=O) groups is 1. The van der Waals surface area contributed by atoms with Crippen LogP contribution in [0.3, 0.4) is 0 Å². The molecule has 1 amide bonds. The average molecular weight is 580 g/mol. The highest BCUT2D eigenvalue weighted by molar-refractivity contribution is 7.90. The number of sulfonamides is 1. The summed E-state index contributed by atoms with van der Waals surface area (Å²) in [5.74, 6) is -0.204. The first-order chi connectivity index (χ1) is 19.0. The first kappa shape index (κ1) is 28.6. The molecule has 0 aliphatic carbocycles. The Bertz CT molecular complexity index is 1500. The zero-order valence-electron chi connectivity index (χ0n) is 21.7. The van der Waals surface area contributed by atoms with Gasteiger partial charge in [0.2, 0.25) is 5.91 Å². The monoisotopic (exact) mass is 579 g/mol. The van der Waals surface area contributed by atoms with Crippen LogP contribution < -0.4 is 16.4 Å². The summed E-state index contributed by atoms with van der Waals surface area (Å²) in [5, 5.41) is 16.5. The van der Waals surface area contributed by atoms with Crippen molar-refractivity contribution in [3.63, 3.8) is 0 Å². The largest absolute Gasteiger partial charge is 0.511 e. The molecule has 0 unspecified atom stereocenters. The third-order valence-electron chi connectivity index (χ3n) is 7.71. The highest BCUT2D eigenvalue weighted by atomic mass is 32.2. The second-order valence-corrected chi connectivity index (χ2v) is 12.3. The number of alkyl halides is 3. The van der Waals surface area contributed by atoms with Gasteiger partial charge in [0.25, 0.3) is 0 Å². The molecular formula is C27H32F3N5O4S. The van der Waals surface area contributed by atoms with Gasteiger partial charge in [-0.25, -0.2) is 8.42 Å². The average Bonchev–Trinajstić information content (AvgIpc) is 3.55. The minimum Gasteiger partial charge on any atom is -0.392 e. The van der Waals surface area contributed by atoms with Crippen LogP contribution in [0.1, 0.15) is 36.4 Å². The number of aliphatic hydroxyl groups is 1. The number of halogens is 3. The van der Waals surface area contributed by atoms with Gasteiger partial charge >= 0.3 is 15.5 Å². The topological polar surface area (TPSA) is 130 Å². The van der Waals surface area contributed by atoms with Gasteiger partial charge in [0.05, 0.1) is 12.1 Å². The number of piperidine rings is 1. The van der Waals surface area contributed by atoms with Crippen molar-refractivity contribution in [2.24, 2.45) is 5.73 Å². The number of β-amino-alcohol motifs (C(OH)–C–C–N with tert-alkyl or cyclic N) is 1. The molecule has 0 radical (unpaired) electrons. The highest BCUT2D eigenvalue weighted by Gasteiger charge is 2.50. The van der Waals surface area contributed by atoms with E-state index in [4.69, 9.17) is 5.73 Å². The Morgan fingerprint density at radius 2 is 1.88 bits per heavy atom. The quantitative estimate of drug-likeness (QED) is 0.341. The molecule has 13 heteroatoms. The molecule has 3 aromatic rings. The number of hydrogen-bond acceptors (Lipinski definition) is 6. The molecule has 0 bridgehead atoms. The molecule has 0 spiro atoms. The number of rotatable bonds is 7. The SMILES string of the molecule is NCc1cccc(-c2cn(C3CCN(S(=O)(=O)C(F)(F)F)CC3)c3cc(CNC(=O)[C@@H]4C[C@H](O)CN4)ccc23)c1. The first-order valence-electron chi connectivity index (χ1n) is 13.2. The van der Waals surface area contributed by atoms with Gasteiger partial charge in [-0.2, -0.15) is 17.5 Å². The lowest BCUT2D eigenvalue weighted by atomic mass is 10.0. The lowest BCUT2D eigenvalue weighted by molar-refractivity contribution is -0.123. The van der Waals surface area contributed by atoms with Gasteiger partial charge in [-0.3, -0.25) is 4.79 Å². The number of hydrogen-bond donors (Lipinski definition) is 4. The standard InChI is InChI=1S/C27H32F3N5O4S/c28-27(29,30)40(38,39)34-8-6-20(7-9-34)35-16-23(19-3-1-2-17(10-19)13-31)22-5-4-18(11-25(22)35)14-33-26(37)24-12-21(36)15-32-24/h1-5,10-11,16,20-21,24,32,36H,6-9,12-15,31H2,(H,33,37)/t21-,24-/m0/s1. The first-order valence-corrected chi connectivity index (χ1v) is 14.6. The lowest BCUT2D eigenvalue weighted by Crippen LogP contribution is -2.45. The summed E-state index contributed by atoms with van der Waals surface area (Å²) in [6.45, 7) is 0.527. The molecule has 2 atom stereocenters. The van der Waals surface area contributed by atoms with Crippen LogP contribution in [0.15, 0.2) is 48.7 Å². The summed E-state index contributed by atoms with van der Waals surface area (Å²) in [7, 11) is -5.37. The van der Waals surface area contributed by atoms with Crippen molar-refractivity contribution in [2.45, 2.75) is 56.0 Å². The zero-order valence-corrected chi connectivity index (χ0v) is 22.5. The molecule has 3 heterocycles. The summed E-state index contributed by atoms with van der Waals surface area (Å²) in [5.41, 5.74) is 5.01. The van der Waals surface area contributed by atoms with E-state index in [9.17, 15) is 31.5 Å². The van der Waals surface area contributed by atoms with Gasteiger partial charge in [0.15, 0.2) is 0 Å². The van der Waals surface area contributed by atoms with Crippen molar-refractivity contribution in [3.8, 4) is 11.1 Å². The number of nitrogens with one attached hydrogen (secondary N) is 2. The Hall–Kier alpha value is -2.97. The predicted molar refractivity (Wildman–Crippen MR) is 144 cm³/mol. The number of nitrogens with zero attached hydrogens (tertiary/aromatic N) is 2. The van der Waals surface area contributed by atoms with Crippen molar-refractivity contribution >= 4 is 26.8 Å². The van der Waals surface area contributed by atoms with E-state index in [1.807, 2.05) is 53.2 Å². The fourth-order valence-electron chi connectivity index (χ4n) is 5.54. The highest BCUT2D eigenvalue weighted by Crippen LogP contribution is 2.38. The molecule has 2 aliphatic rings. The summed E-state index contributed by atoms with van der Waals surface area (Å²) < 4.78 is 65.7. The minimum atomic E-state index is -5.37. The number of aromatic nitrogens is 1. The van der Waals surface area contributed by atoms with E-state index in [0.717, 1.165) is 33.2 Å². The Balaban J connectivity index is 1.44. The summed E-state index contributed by atoms with van der Waals surface area (Å²) in [6, 6.07) is 12.9. The number of benzene rings is 2. The Morgan fingerprint density at radius 1 is 1.12 bits per heavy atom. The second-order valence-electron chi connectivity index (χ2n) is 10.4. The van der Waals surface area contributed by atoms with Gasteiger partial charge in [0.1, 0.15) is 0 Å². The van der Waals surface area contributed by atoms with Crippen LogP contribution in [0.4, 0.5) is 13.2 Å². The van der Waals surface area contributed by atoms with Gasteiger partial charge in [-0.05, 0) is 48.1 Å². The molecule has 1 aromatic heterocycles. The molecule has 40 heavy (non-hydrogen) atoms. The van der Waals surface area contributed by atoms with Crippen molar-refractivity contribution in [1.29, 1.82) is 0 Å². The van der Waals surface area contributed by atoms with E-state index in [-0.39, 0.29) is 44.4 Å². The van der Waals surface area contributed by atoms with Crippen molar-refractivity contribution in [1.82, 2.24) is 19.5 Å². The number of nitrogens with two attached hydrogens (primary N) is 1. The maximum absolute atomic E-state index is 13.1. The van der Waals surface area contributed by atoms with E-state index < -0.39 is 27.7 Å². The smallest absolute Gasteiger partial charge is 0.392 e. The fraction of sp³-hybridized carbons (Fsp3) is 0.444. The Labute approximate surface area is 230 Å². The van der Waals surface area contributed by atoms with E-state index >= 15 is 0 Å². The summed E-state index contributed by atoms with van der Waals surface area (Å²) in [4.78, 5) is 12.5. The number of aliphatic hydroxyl groups excluding tert-OH is 1. The van der Waals surface area contributed by atoms with Crippen LogP contribution in [-0.4, -0.2) is 65.6 Å². The minimum absolute atomic E-state index is 0.204. The predicted octanol–water partition coefficient (Wildman–Crippen LogP) is 2.59. The molecule has 2 aliphatic heterocycles. The maximum atomic E-state index is 13.1. The number of fused-ring (bicyclic) bond motifs is 1. The zero-order chi connectivity index (χ0) is 28.7. The molecule has 5 N–H and O–H groups in total. The summed E-state index contributed by atoms with van der Waals surface area (Å²) >= 11 is 0. The third kappa shape index (κ3) is 5.61. The van der Waals surface area contributed by atoms with E-state index in [1.165, 1.54) is 0 Å². The van der Waals surface area contributed by atoms with Crippen molar-refractivity contribution in [2.75, 3.05) is 19.6 Å². The van der Waals surface area contributed by atoms with Gasteiger partial charge in [-0.1, -0.05) is 30.3 Å². The van der Waals surface area contributed by atoms with Crippen molar-refractivity contribution in [3.05, 3.63) is 59.8 Å². The molecule has 2 fully saturated rings. The molecule has 216 valence electrons. The van der Waals surface area contributed by atoms with Crippen LogP contribution in [0.2, 0.25) is 0 Å². The molecule has 9 nitrogen and oxygen atoms in total. The normalized spacial score (nSPS) is 21.2. The second kappa shape index (κ2) is 11.1. The molecule has 2 saturated heterocycles. The van der Waals surface area contributed by atoms with E-state index in [0.29, 0.717) is 23.8 Å². The van der Waals surface area contributed by atoms with Crippen LogP contribution in [0.5, 0.6) is 0 Å². The van der Waals surface area contributed by atoms with Crippen LogP contribution in [-0.2, 0) is 27.9 Å². The van der Waals surface area contributed by atoms with Crippen LogP contribution >= 0.6 is 0 Å². The summed E-state index contributed by atoms with van der Waals surface area (Å²) in [6.07, 6.45) is 2.20. The molecular weight excluding hydrogens is 547 g/mol. The molecule has 5 rings (SSSR count). The van der Waals surface area contributed by atoms with E-state index in [1.54, 1.807) is 0 Å². The molecule has 0 saturated carbocycles.